The van der Waals surface area contributed by atoms with E-state index in [-0.39, 0.29) is 10.8 Å². The van der Waals surface area contributed by atoms with Crippen LogP contribution in [0.25, 0.3) is 11.1 Å². The molecular weight excluding hydrogens is 312 g/mol. The average molecular weight is 345 g/mol. The van der Waals surface area contributed by atoms with Crippen LogP contribution in [0.15, 0.2) is 72.3 Å². The van der Waals surface area contributed by atoms with E-state index in [0.717, 1.165) is 6.42 Å². The van der Waals surface area contributed by atoms with Crippen molar-refractivity contribution in [1.82, 2.24) is 0 Å². The zero-order valence-corrected chi connectivity index (χ0v) is 17.0. The van der Waals surface area contributed by atoms with Crippen LogP contribution < -0.4 is 0 Å². The number of hydrogen-bond donors (Lipinski definition) is 0. The predicted octanol–water partition coefficient (Wildman–Crippen LogP) is 7.53. The van der Waals surface area contributed by atoms with Gasteiger partial charge in [0, 0.05) is 5.41 Å². The lowest BCUT2D eigenvalue weighted by atomic mass is 9.63. The van der Waals surface area contributed by atoms with Gasteiger partial charge in [-0.1, -0.05) is 98.7 Å². The van der Waals surface area contributed by atoms with Gasteiger partial charge in [-0.15, -0.1) is 0 Å². The zero-order chi connectivity index (χ0) is 18.8. The monoisotopic (exact) mass is 344 g/mol. The molecule has 0 saturated carbocycles. The molecular formula is C26H32. The highest BCUT2D eigenvalue weighted by molar-refractivity contribution is 5.63. The van der Waals surface area contributed by atoms with Crippen molar-refractivity contribution < 1.29 is 0 Å². The lowest BCUT2D eigenvalue weighted by molar-refractivity contribution is 0.196. The molecule has 0 aromatic heterocycles. The van der Waals surface area contributed by atoms with Crippen LogP contribution in [0.5, 0.6) is 0 Å². The second kappa shape index (κ2) is 7.27. The van der Waals surface area contributed by atoms with Gasteiger partial charge in [-0.25, -0.2) is 0 Å². The Morgan fingerprint density at radius 1 is 0.885 bits per heavy atom. The summed E-state index contributed by atoms with van der Waals surface area (Å²) in [5.41, 5.74) is 7.08. The molecule has 1 aliphatic rings. The normalized spacial score (nSPS) is 20.6. The Morgan fingerprint density at radius 2 is 1.46 bits per heavy atom. The van der Waals surface area contributed by atoms with Crippen molar-refractivity contribution in [2.24, 2.45) is 10.8 Å². The lowest BCUT2D eigenvalue weighted by Crippen LogP contribution is -2.34. The van der Waals surface area contributed by atoms with Gasteiger partial charge in [-0.05, 0) is 55.2 Å². The van der Waals surface area contributed by atoms with Crippen LogP contribution in [0, 0.1) is 17.8 Å². The Morgan fingerprint density at radius 3 is 2.08 bits per heavy atom. The Hall–Kier alpha value is -2.08. The van der Waals surface area contributed by atoms with Crippen LogP contribution in [0.2, 0.25) is 0 Å². The van der Waals surface area contributed by atoms with Gasteiger partial charge in [0.25, 0.3) is 0 Å². The first-order valence-corrected chi connectivity index (χ1v) is 9.81. The fourth-order valence-electron chi connectivity index (χ4n) is 3.95. The van der Waals surface area contributed by atoms with Gasteiger partial charge in [0.15, 0.2) is 0 Å². The van der Waals surface area contributed by atoms with E-state index < -0.39 is 0 Å². The quantitative estimate of drug-likeness (QED) is 0.503. The molecule has 26 heavy (non-hydrogen) atoms. The van der Waals surface area contributed by atoms with Crippen LogP contribution in [0.4, 0.5) is 0 Å². The third kappa shape index (κ3) is 4.01. The van der Waals surface area contributed by atoms with E-state index in [0.29, 0.717) is 0 Å². The molecule has 0 heterocycles. The van der Waals surface area contributed by atoms with Crippen LogP contribution in [0.1, 0.15) is 51.7 Å². The van der Waals surface area contributed by atoms with Crippen molar-refractivity contribution in [3.63, 3.8) is 0 Å². The Labute approximate surface area is 159 Å². The van der Waals surface area contributed by atoms with E-state index in [9.17, 15) is 0 Å². The maximum atomic E-state index is 2.50. The molecule has 1 unspecified atom stereocenters. The number of benzene rings is 2. The van der Waals surface area contributed by atoms with Gasteiger partial charge < -0.3 is 0 Å². The standard InChI is InChI=1S/C26H32/c1-20-9-13-23(14-10-20)24-15-11-22(12-16-24)19-25(3,4)26(5)17-7-6-8-21(2)18-26/h7,9-18H,6,8,19H2,1-5H3. The molecule has 0 fully saturated rings. The minimum atomic E-state index is 0.100. The second-order valence-corrected chi connectivity index (χ2v) is 8.84. The summed E-state index contributed by atoms with van der Waals surface area (Å²) >= 11 is 0. The van der Waals surface area contributed by atoms with E-state index >= 15 is 0 Å². The molecule has 0 spiro atoms. The zero-order valence-electron chi connectivity index (χ0n) is 17.0. The smallest absolute Gasteiger partial charge is 0.00895 e. The molecule has 1 aliphatic carbocycles. The first kappa shape index (κ1) is 18.7. The molecule has 0 nitrogen and oxygen atoms in total. The molecule has 3 rings (SSSR count). The van der Waals surface area contributed by atoms with Crippen LogP contribution in [-0.4, -0.2) is 0 Å². The third-order valence-corrected chi connectivity index (χ3v) is 6.16. The fraction of sp³-hybridized carbons (Fsp3) is 0.385. The second-order valence-electron chi connectivity index (χ2n) is 8.84. The Balaban J connectivity index is 1.81. The lowest BCUT2D eigenvalue weighted by Gasteiger charge is -2.41. The summed E-state index contributed by atoms with van der Waals surface area (Å²) in [6.45, 7) is 11.6. The number of rotatable bonds is 4. The molecule has 0 radical (unpaired) electrons. The van der Waals surface area contributed by atoms with Gasteiger partial charge in [0.1, 0.15) is 0 Å². The minimum absolute atomic E-state index is 0.100. The third-order valence-electron chi connectivity index (χ3n) is 6.16. The van der Waals surface area contributed by atoms with Gasteiger partial charge in [-0.2, -0.15) is 0 Å². The topological polar surface area (TPSA) is 0 Å². The first-order valence-electron chi connectivity index (χ1n) is 9.81. The number of allylic oxidation sites excluding steroid dienone is 4. The van der Waals surface area contributed by atoms with Crippen molar-refractivity contribution in [3.8, 4) is 11.1 Å². The van der Waals surface area contributed by atoms with Crippen LogP contribution >= 0.6 is 0 Å². The van der Waals surface area contributed by atoms with Gasteiger partial charge in [-0.3, -0.25) is 0 Å². The van der Waals surface area contributed by atoms with E-state index in [1.807, 2.05) is 0 Å². The van der Waals surface area contributed by atoms with Gasteiger partial charge >= 0.3 is 0 Å². The fourth-order valence-corrected chi connectivity index (χ4v) is 3.95. The molecule has 0 aliphatic heterocycles. The minimum Gasteiger partial charge on any atom is -0.0873 e. The average Bonchev–Trinajstić information content (AvgIpc) is 2.77. The van der Waals surface area contributed by atoms with Crippen molar-refractivity contribution in [3.05, 3.63) is 83.5 Å². The summed E-state index contributed by atoms with van der Waals surface area (Å²) in [6, 6.07) is 17.9. The molecule has 0 heteroatoms. The van der Waals surface area contributed by atoms with Gasteiger partial charge in [0.05, 0.1) is 0 Å². The summed E-state index contributed by atoms with van der Waals surface area (Å²) in [6.07, 6.45) is 10.7. The number of hydrogen-bond acceptors (Lipinski definition) is 0. The molecule has 0 N–H and O–H groups in total. The highest BCUT2D eigenvalue weighted by Crippen LogP contribution is 2.46. The van der Waals surface area contributed by atoms with Crippen molar-refractivity contribution >= 4 is 0 Å². The van der Waals surface area contributed by atoms with Crippen molar-refractivity contribution in [2.75, 3.05) is 0 Å². The largest absolute Gasteiger partial charge is 0.0873 e. The maximum Gasteiger partial charge on any atom is 0.00895 e. The highest BCUT2D eigenvalue weighted by atomic mass is 14.4. The number of aryl methyl sites for hydroxylation is 1. The molecule has 0 saturated heterocycles. The molecule has 136 valence electrons. The Bertz CT molecular complexity index is 800. The SMILES string of the molecule is CC1=CC(C)(C(C)(C)Cc2ccc(-c3ccc(C)cc3)cc2)C=CCC1. The highest BCUT2D eigenvalue weighted by Gasteiger charge is 2.37. The predicted molar refractivity (Wildman–Crippen MR) is 114 cm³/mol. The van der Waals surface area contributed by atoms with Crippen molar-refractivity contribution in [1.29, 1.82) is 0 Å². The maximum absolute atomic E-state index is 2.50. The summed E-state index contributed by atoms with van der Waals surface area (Å²) in [7, 11) is 0. The van der Waals surface area contributed by atoms with E-state index in [2.05, 4.69) is 101 Å². The first-order chi connectivity index (χ1) is 12.3. The van der Waals surface area contributed by atoms with E-state index in [1.54, 1.807) is 0 Å². The molecule has 1 atom stereocenters. The summed E-state index contributed by atoms with van der Waals surface area (Å²) in [5.74, 6) is 0. The molecule has 0 amide bonds. The summed E-state index contributed by atoms with van der Waals surface area (Å²) in [5, 5.41) is 0. The van der Waals surface area contributed by atoms with Gasteiger partial charge in [0.2, 0.25) is 0 Å². The Kier molecular flexibility index (Phi) is 5.23. The molecule has 2 aromatic carbocycles. The van der Waals surface area contributed by atoms with Crippen LogP contribution in [0.3, 0.4) is 0 Å². The summed E-state index contributed by atoms with van der Waals surface area (Å²) < 4.78 is 0. The molecule has 0 bridgehead atoms. The molecule has 2 aromatic rings. The summed E-state index contributed by atoms with van der Waals surface area (Å²) in [4.78, 5) is 0. The van der Waals surface area contributed by atoms with E-state index in [4.69, 9.17) is 0 Å². The van der Waals surface area contributed by atoms with E-state index in [1.165, 1.54) is 40.7 Å². The van der Waals surface area contributed by atoms with Crippen molar-refractivity contribution in [2.45, 2.75) is 53.9 Å². The van der Waals surface area contributed by atoms with Crippen LogP contribution in [-0.2, 0) is 6.42 Å².